The van der Waals surface area contributed by atoms with E-state index < -0.39 is 0 Å². The Balaban J connectivity index is 1.87. The molecule has 2 unspecified atom stereocenters. The molecule has 4 heteroatoms. The predicted molar refractivity (Wildman–Crippen MR) is 85.8 cm³/mol. The van der Waals surface area contributed by atoms with E-state index >= 15 is 0 Å². The number of rotatable bonds is 4. The zero-order valence-corrected chi connectivity index (χ0v) is 12.9. The van der Waals surface area contributed by atoms with Gasteiger partial charge in [0.25, 0.3) is 0 Å². The molecule has 0 spiro atoms. The molecule has 1 aliphatic carbocycles. The number of imidazole rings is 1. The van der Waals surface area contributed by atoms with Crippen molar-refractivity contribution in [2.24, 2.45) is 5.92 Å². The molecule has 0 radical (unpaired) electrons. The van der Waals surface area contributed by atoms with Crippen molar-refractivity contribution >= 4 is 5.69 Å². The summed E-state index contributed by atoms with van der Waals surface area (Å²) in [5.74, 6) is 2.69. The van der Waals surface area contributed by atoms with Crippen molar-refractivity contribution in [3.05, 3.63) is 36.5 Å². The summed E-state index contributed by atoms with van der Waals surface area (Å²) in [6.45, 7) is 4.31. The van der Waals surface area contributed by atoms with E-state index in [1.165, 1.54) is 32.1 Å². The van der Waals surface area contributed by atoms with Gasteiger partial charge in [0, 0.05) is 24.6 Å². The zero-order valence-electron chi connectivity index (χ0n) is 12.9. The summed E-state index contributed by atoms with van der Waals surface area (Å²) in [4.78, 5) is 8.87. The maximum Gasteiger partial charge on any atom is 0.161 e. The molecule has 2 aromatic rings. The molecule has 0 aliphatic heterocycles. The van der Waals surface area contributed by atoms with Crippen molar-refractivity contribution in [2.45, 2.75) is 52.0 Å². The fourth-order valence-corrected chi connectivity index (χ4v) is 3.39. The van der Waals surface area contributed by atoms with E-state index in [9.17, 15) is 0 Å². The largest absolute Gasteiger partial charge is 0.379 e. The fourth-order valence-electron chi connectivity index (χ4n) is 3.39. The number of pyridine rings is 1. The van der Waals surface area contributed by atoms with E-state index in [0.717, 1.165) is 23.2 Å². The Morgan fingerprint density at radius 3 is 2.86 bits per heavy atom. The Morgan fingerprint density at radius 1 is 1.24 bits per heavy atom. The third kappa shape index (κ3) is 2.94. The molecule has 0 bridgehead atoms. The molecule has 112 valence electrons. The van der Waals surface area contributed by atoms with Gasteiger partial charge in [-0.1, -0.05) is 26.2 Å². The van der Waals surface area contributed by atoms with Crippen molar-refractivity contribution in [2.75, 3.05) is 5.32 Å². The third-order valence-corrected chi connectivity index (χ3v) is 4.61. The van der Waals surface area contributed by atoms with Crippen LogP contribution in [-0.2, 0) is 0 Å². The highest BCUT2D eigenvalue weighted by Crippen LogP contribution is 2.30. The van der Waals surface area contributed by atoms with Gasteiger partial charge in [-0.05, 0) is 37.8 Å². The summed E-state index contributed by atoms with van der Waals surface area (Å²) >= 11 is 0. The first-order valence-electron chi connectivity index (χ1n) is 8.01. The summed E-state index contributed by atoms with van der Waals surface area (Å²) in [5.41, 5.74) is 1.11. The molecule has 2 aromatic heterocycles. The van der Waals surface area contributed by atoms with Gasteiger partial charge >= 0.3 is 0 Å². The van der Waals surface area contributed by atoms with Gasteiger partial charge in [-0.3, -0.25) is 4.57 Å². The van der Waals surface area contributed by atoms with Crippen LogP contribution in [0.1, 0.15) is 44.9 Å². The van der Waals surface area contributed by atoms with E-state index in [0.29, 0.717) is 6.04 Å². The summed E-state index contributed by atoms with van der Waals surface area (Å²) in [6, 6.07) is 4.70. The van der Waals surface area contributed by atoms with Gasteiger partial charge in [0.05, 0.1) is 5.69 Å². The average molecular weight is 284 g/mol. The normalized spacial score (nSPS) is 22.2. The van der Waals surface area contributed by atoms with Crippen molar-refractivity contribution < 1.29 is 0 Å². The lowest BCUT2D eigenvalue weighted by molar-refractivity contribution is 0.317. The summed E-state index contributed by atoms with van der Waals surface area (Å²) in [5, 5.41) is 3.75. The molecule has 0 amide bonds. The Kier molecular flexibility index (Phi) is 4.23. The second kappa shape index (κ2) is 6.29. The Hall–Kier alpha value is -1.84. The Bertz CT molecular complexity index is 590. The van der Waals surface area contributed by atoms with Crippen LogP contribution in [0.25, 0.3) is 5.82 Å². The fraction of sp³-hybridized carbons (Fsp3) is 0.529. The molecule has 0 aromatic carbocycles. The quantitative estimate of drug-likeness (QED) is 0.924. The summed E-state index contributed by atoms with van der Waals surface area (Å²) in [6.07, 6.45) is 12.2. The van der Waals surface area contributed by atoms with E-state index in [1.54, 1.807) is 0 Å². The lowest BCUT2D eigenvalue weighted by Gasteiger charge is -2.32. The summed E-state index contributed by atoms with van der Waals surface area (Å²) < 4.78 is 2.05. The first-order valence-corrected chi connectivity index (χ1v) is 8.01. The second-order valence-electron chi connectivity index (χ2n) is 5.92. The summed E-state index contributed by atoms with van der Waals surface area (Å²) in [7, 11) is 0. The molecule has 1 aliphatic rings. The number of aryl methyl sites for hydroxylation is 1. The minimum atomic E-state index is 0.565. The van der Waals surface area contributed by atoms with Crippen molar-refractivity contribution in [3.8, 4) is 5.82 Å². The van der Waals surface area contributed by atoms with Gasteiger partial charge in [0.1, 0.15) is 5.82 Å². The third-order valence-electron chi connectivity index (χ3n) is 4.61. The average Bonchev–Trinajstić information content (AvgIpc) is 2.94. The monoisotopic (exact) mass is 284 g/mol. The maximum absolute atomic E-state index is 4.56. The molecule has 1 N–H and O–H groups in total. The first kappa shape index (κ1) is 14.1. The minimum Gasteiger partial charge on any atom is -0.379 e. The number of nitrogens with zero attached hydrogens (tertiary/aromatic N) is 3. The molecule has 2 atom stereocenters. The minimum absolute atomic E-state index is 0.565. The van der Waals surface area contributed by atoms with Crippen LogP contribution in [0.5, 0.6) is 0 Å². The van der Waals surface area contributed by atoms with Crippen LogP contribution < -0.4 is 5.32 Å². The van der Waals surface area contributed by atoms with E-state index in [-0.39, 0.29) is 0 Å². The Morgan fingerprint density at radius 2 is 2.10 bits per heavy atom. The van der Waals surface area contributed by atoms with Crippen molar-refractivity contribution in [3.63, 3.8) is 0 Å². The van der Waals surface area contributed by atoms with Gasteiger partial charge in [-0.2, -0.15) is 0 Å². The number of aromatic nitrogens is 3. The van der Waals surface area contributed by atoms with Crippen LogP contribution in [0.3, 0.4) is 0 Å². The number of hydrogen-bond donors (Lipinski definition) is 1. The van der Waals surface area contributed by atoms with Crippen LogP contribution >= 0.6 is 0 Å². The predicted octanol–water partition coefficient (Wildman–Crippen LogP) is 3.96. The maximum atomic E-state index is 4.56. The van der Waals surface area contributed by atoms with Crippen molar-refractivity contribution in [1.82, 2.24) is 14.5 Å². The number of anilines is 1. The van der Waals surface area contributed by atoms with Gasteiger partial charge in [0.15, 0.2) is 5.82 Å². The SMILES string of the molecule is CCC1CCCCC1Nc1cccnc1-n1ccnc1C. The second-order valence-corrected chi connectivity index (χ2v) is 5.92. The zero-order chi connectivity index (χ0) is 14.7. The molecule has 0 saturated heterocycles. The first-order chi connectivity index (χ1) is 10.3. The molecule has 3 rings (SSSR count). The van der Waals surface area contributed by atoms with E-state index in [4.69, 9.17) is 0 Å². The van der Waals surface area contributed by atoms with Crippen LogP contribution in [0.4, 0.5) is 5.69 Å². The number of hydrogen-bond acceptors (Lipinski definition) is 3. The van der Waals surface area contributed by atoms with Gasteiger partial charge in [-0.15, -0.1) is 0 Å². The molecular weight excluding hydrogens is 260 g/mol. The van der Waals surface area contributed by atoms with Crippen LogP contribution in [-0.4, -0.2) is 20.6 Å². The lowest BCUT2D eigenvalue weighted by atomic mass is 9.83. The standard InChI is InChI=1S/C17H24N4/c1-3-14-7-4-5-8-15(14)20-16-9-6-10-19-17(16)21-12-11-18-13(21)2/h6,9-12,14-15,20H,3-5,7-8H2,1-2H3. The van der Waals surface area contributed by atoms with Gasteiger partial charge in [0.2, 0.25) is 0 Å². The molecule has 4 nitrogen and oxygen atoms in total. The highest BCUT2D eigenvalue weighted by molar-refractivity contribution is 5.57. The molecule has 1 saturated carbocycles. The van der Waals surface area contributed by atoms with Crippen LogP contribution in [0.15, 0.2) is 30.7 Å². The molecule has 1 fully saturated rings. The highest BCUT2D eigenvalue weighted by Gasteiger charge is 2.24. The van der Waals surface area contributed by atoms with Crippen molar-refractivity contribution in [1.29, 1.82) is 0 Å². The molecule has 2 heterocycles. The van der Waals surface area contributed by atoms with Crippen LogP contribution in [0.2, 0.25) is 0 Å². The van der Waals surface area contributed by atoms with Crippen LogP contribution in [0, 0.1) is 12.8 Å². The van der Waals surface area contributed by atoms with E-state index in [2.05, 4.69) is 28.3 Å². The van der Waals surface area contributed by atoms with E-state index in [1.807, 2.05) is 36.1 Å². The topological polar surface area (TPSA) is 42.7 Å². The Labute approximate surface area is 126 Å². The van der Waals surface area contributed by atoms with Gasteiger partial charge < -0.3 is 5.32 Å². The smallest absolute Gasteiger partial charge is 0.161 e. The van der Waals surface area contributed by atoms with Gasteiger partial charge in [-0.25, -0.2) is 9.97 Å². The molecular formula is C17H24N4. The lowest BCUT2D eigenvalue weighted by Crippen LogP contribution is -2.32. The highest BCUT2D eigenvalue weighted by atomic mass is 15.1. The molecule has 21 heavy (non-hydrogen) atoms. The number of nitrogens with one attached hydrogen (secondary N) is 1.